The Bertz CT molecular complexity index is 923. The number of nitrogens with zero attached hydrogens (tertiary/aromatic N) is 2. The maximum atomic E-state index is 13.8. The van der Waals surface area contributed by atoms with E-state index in [-0.39, 0.29) is 11.3 Å². The Balaban J connectivity index is 1.89. The average Bonchev–Trinajstić information content (AvgIpc) is 2.95. The maximum absolute atomic E-state index is 13.8. The second-order valence-corrected chi connectivity index (χ2v) is 5.80. The van der Waals surface area contributed by atoms with Gasteiger partial charge in [0.25, 0.3) is 5.91 Å². The summed E-state index contributed by atoms with van der Waals surface area (Å²) in [5.41, 5.74) is 1.65. The highest BCUT2D eigenvalue weighted by Gasteiger charge is 2.14. The number of aromatic nitrogens is 2. The third kappa shape index (κ3) is 3.64. The zero-order valence-electron chi connectivity index (χ0n) is 13.6. The zero-order chi connectivity index (χ0) is 18.0. The smallest absolute Gasteiger partial charge is 0.256 e. The Morgan fingerprint density at radius 2 is 1.92 bits per heavy atom. The number of carbonyl (C=O) groups is 1. The number of nitrogens with one attached hydrogen (secondary N) is 1. The van der Waals surface area contributed by atoms with Gasteiger partial charge in [-0.2, -0.15) is 5.10 Å². The van der Waals surface area contributed by atoms with Crippen LogP contribution in [0.2, 0.25) is 5.02 Å². The number of ether oxygens (including phenoxy) is 1. The number of amides is 1. The molecule has 0 radical (unpaired) electrons. The van der Waals surface area contributed by atoms with E-state index in [1.165, 1.54) is 19.2 Å². The van der Waals surface area contributed by atoms with Gasteiger partial charge in [-0.25, -0.2) is 9.07 Å². The molecule has 128 valence electrons. The molecular formula is C18H15ClFN3O2. The van der Waals surface area contributed by atoms with Crippen LogP contribution in [-0.4, -0.2) is 22.8 Å². The highest BCUT2D eigenvalue weighted by Crippen LogP contribution is 2.21. The maximum Gasteiger partial charge on any atom is 0.256 e. The van der Waals surface area contributed by atoms with E-state index >= 15 is 0 Å². The SMILES string of the molecule is COc1ccc(C(=O)Nc2cc(C)nn2-c2ccc(Cl)cc2)cc1F. The number of benzene rings is 2. The van der Waals surface area contributed by atoms with Crippen LogP contribution in [0.5, 0.6) is 5.75 Å². The lowest BCUT2D eigenvalue weighted by Gasteiger charge is -2.10. The Morgan fingerprint density at radius 1 is 1.20 bits per heavy atom. The molecule has 2 aromatic carbocycles. The molecule has 25 heavy (non-hydrogen) atoms. The van der Waals surface area contributed by atoms with Crippen molar-refractivity contribution in [2.24, 2.45) is 0 Å². The Labute approximate surface area is 149 Å². The molecule has 1 aromatic heterocycles. The predicted molar refractivity (Wildman–Crippen MR) is 94.2 cm³/mol. The molecule has 7 heteroatoms. The van der Waals surface area contributed by atoms with E-state index in [4.69, 9.17) is 16.3 Å². The second-order valence-electron chi connectivity index (χ2n) is 5.36. The van der Waals surface area contributed by atoms with Gasteiger partial charge in [0, 0.05) is 16.7 Å². The van der Waals surface area contributed by atoms with Gasteiger partial charge in [0.05, 0.1) is 18.5 Å². The fraction of sp³-hybridized carbons (Fsp3) is 0.111. The van der Waals surface area contributed by atoms with E-state index in [0.717, 1.165) is 17.4 Å². The summed E-state index contributed by atoms with van der Waals surface area (Å²) in [6.07, 6.45) is 0. The lowest BCUT2D eigenvalue weighted by Crippen LogP contribution is -2.15. The van der Waals surface area contributed by atoms with Crippen LogP contribution >= 0.6 is 11.6 Å². The molecule has 0 atom stereocenters. The lowest BCUT2D eigenvalue weighted by atomic mass is 10.2. The lowest BCUT2D eigenvalue weighted by molar-refractivity contribution is 0.102. The quantitative estimate of drug-likeness (QED) is 0.758. The molecule has 3 aromatic rings. The number of rotatable bonds is 4. The Hall–Kier alpha value is -2.86. The van der Waals surface area contributed by atoms with Crippen molar-refractivity contribution in [3.63, 3.8) is 0 Å². The van der Waals surface area contributed by atoms with E-state index in [1.54, 1.807) is 35.0 Å². The van der Waals surface area contributed by atoms with Gasteiger partial charge in [-0.1, -0.05) is 11.6 Å². The number of aryl methyl sites for hydroxylation is 1. The van der Waals surface area contributed by atoms with Gasteiger partial charge in [-0.05, 0) is 49.4 Å². The van der Waals surface area contributed by atoms with Gasteiger partial charge < -0.3 is 10.1 Å². The van der Waals surface area contributed by atoms with E-state index in [2.05, 4.69) is 10.4 Å². The molecule has 0 bridgehead atoms. The molecule has 5 nitrogen and oxygen atoms in total. The van der Waals surface area contributed by atoms with Crippen LogP contribution in [0, 0.1) is 12.7 Å². The third-order valence-corrected chi connectivity index (χ3v) is 3.81. The van der Waals surface area contributed by atoms with Crippen LogP contribution in [0.15, 0.2) is 48.5 Å². The number of anilines is 1. The summed E-state index contributed by atoms with van der Waals surface area (Å²) in [5, 5.41) is 7.72. The number of halogens is 2. The Morgan fingerprint density at radius 3 is 2.56 bits per heavy atom. The number of hydrogen-bond donors (Lipinski definition) is 1. The summed E-state index contributed by atoms with van der Waals surface area (Å²) < 4.78 is 20.2. The van der Waals surface area contributed by atoms with Crippen molar-refractivity contribution in [3.05, 3.63) is 70.6 Å². The first-order chi connectivity index (χ1) is 12.0. The fourth-order valence-electron chi connectivity index (χ4n) is 2.36. The minimum Gasteiger partial charge on any atom is -0.494 e. The van der Waals surface area contributed by atoms with E-state index in [1.807, 2.05) is 6.92 Å². The van der Waals surface area contributed by atoms with Crippen molar-refractivity contribution in [3.8, 4) is 11.4 Å². The summed E-state index contributed by atoms with van der Waals surface area (Å²) in [4.78, 5) is 12.4. The fourth-order valence-corrected chi connectivity index (χ4v) is 2.49. The van der Waals surface area contributed by atoms with Crippen LogP contribution in [0.1, 0.15) is 16.1 Å². The first kappa shape index (κ1) is 17.0. The van der Waals surface area contributed by atoms with Crippen LogP contribution in [0.25, 0.3) is 5.69 Å². The summed E-state index contributed by atoms with van der Waals surface area (Å²) in [5.74, 6) is -0.492. The van der Waals surface area contributed by atoms with Gasteiger partial charge in [0.1, 0.15) is 5.82 Å². The van der Waals surface area contributed by atoms with Gasteiger partial charge in [0.2, 0.25) is 0 Å². The average molecular weight is 360 g/mol. The van der Waals surface area contributed by atoms with Crippen molar-refractivity contribution in [2.45, 2.75) is 6.92 Å². The van der Waals surface area contributed by atoms with Crippen LogP contribution in [0.3, 0.4) is 0 Å². The largest absolute Gasteiger partial charge is 0.494 e. The summed E-state index contributed by atoms with van der Waals surface area (Å²) in [6.45, 7) is 1.81. The molecule has 0 aliphatic heterocycles. The molecule has 1 heterocycles. The molecule has 0 saturated carbocycles. The topological polar surface area (TPSA) is 56.1 Å². The monoisotopic (exact) mass is 359 g/mol. The second kappa shape index (κ2) is 6.94. The van der Waals surface area contributed by atoms with Crippen molar-refractivity contribution >= 4 is 23.3 Å². The van der Waals surface area contributed by atoms with Crippen LogP contribution in [0.4, 0.5) is 10.2 Å². The minimum atomic E-state index is -0.600. The molecule has 0 aliphatic carbocycles. The molecular weight excluding hydrogens is 345 g/mol. The third-order valence-electron chi connectivity index (χ3n) is 3.56. The summed E-state index contributed by atoms with van der Waals surface area (Å²) >= 11 is 5.90. The number of hydrogen-bond acceptors (Lipinski definition) is 3. The number of carbonyl (C=O) groups excluding carboxylic acids is 1. The first-order valence-corrected chi connectivity index (χ1v) is 7.83. The summed E-state index contributed by atoms with van der Waals surface area (Å²) in [7, 11) is 1.37. The molecule has 0 aliphatic rings. The van der Waals surface area contributed by atoms with E-state index in [9.17, 15) is 9.18 Å². The number of methoxy groups -OCH3 is 1. The molecule has 1 N–H and O–H groups in total. The van der Waals surface area contributed by atoms with Gasteiger partial charge in [-0.15, -0.1) is 0 Å². The molecule has 0 unspecified atom stereocenters. The highest BCUT2D eigenvalue weighted by atomic mass is 35.5. The summed E-state index contributed by atoms with van der Waals surface area (Å²) in [6, 6.07) is 12.8. The van der Waals surface area contributed by atoms with E-state index < -0.39 is 11.7 Å². The van der Waals surface area contributed by atoms with Crippen LogP contribution < -0.4 is 10.1 Å². The normalized spacial score (nSPS) is 10.6. The highest BCUT2D eigenvalue weighted by molar-refractivity contribution is 6.30. The standard InChI is InChI=1S/C18H15ClFN3O2/c1-11-9-17(23(22-11)14-6-4-13(19)5-7-14)21-18(24)12-3-8-16(25-2)15(20)10-12/h3-10H,1-2H3,(H,21,24). The van der Waals surface area contributed by atoms with Crippen molar-refractivity contribution in [1.82, 2.24) is 9.78 Å². The van der Waals surface area contributed by atoms with Gasteiger partial charge >= 0.3 is 0 Å². The Kier molecular flexibility index (Phi) is 4.72. The first-order valence-electron chi connectivity index (χ1n) is 7.45. The molecule has 1 amide bonds. The zero-order valence-corrected chi connectivity index (χ0v) is 14.3. The van der Waals surface area contributed by atoms with Gasteiger partial charge in [0.15, 0.2) is 11.6 Å². The van der Waals surface area contributed by atoms with Crippen molar-refractivity contribution in [2.75, 3.05) is 12.4 Å². The molecule has 3 rings (SSSR count). The molecule has 0 saturated heterocycles. The van der Waals surface area contributed by atoms with Crippen molar-refractivity contribution in [1.29, 1.82) is 0 Å². The minimum absolute atomic E-state index is 0.0820. The predicted octanol–water partition coefficient (Wildman–Crippen LogP) is 4.23. The molecule has 0 spiro atoms. The van der Waals surface area contributed by atoms with E-state index in [0.29, 0.717) is 10.8 Å². The van der Waals surface area contributed by atoms with Gasteiger partial charge in [-0.3, -0.25) is 4.79 Å². The van der Waals surface area contributed by atoms with Crippen LogP contribution in [-0.2, 0) is 0 Å². The molecule has 0 fully saturated rings. The van der Waals surface area contributed by atoms with Crippen molar-refractivity contribution < 1.29 is 13.9 Å².